The van der Waals surface area contributed by atoms with E-state index in [9.17, 15) is 9.50 Å². The monoisotopic (exact) mass is 277 g/mol. The van der Waals surface area contributed by atoms with E-state index in [0.717, 1.165) is 0 Å². The maximum absolute atomic E-state index is 13.2. The predicted molar refractivity (Wildman–Crippen MR) is 72.6 cm³/mol. The van der Waals surface area contributed by atoms with Gasteiger partial charge in [0.2, 0.25) is 0 Å². The van der Waals surface area contributed by atoms with Crippen LogP contribution < -0.4 is 10.5 Å². The van der Waals surface area contributed by atoms with Crippen molar-refractivity contribution in [2.45, 2.75) is 32.9 Å². The van der Waals surface area contributed by atoms with E-state index in [1.165, 1.54) is 19.2 Å². The summed E-state index contributed by atoms with van der Waals surface area (Å²) in [6.07, 6.45) is -0.710. The first-order valence-corrected chi connectivity index (χ1v) is 5.54. The molecule has 0 aromatic heterocycles. The zero-order valence-electron chi connectivity index (χ0n) is 11.1. The maximum Gasteiger partial charge on any atom is 0.165 e. The van der Waals surface area contributed by atoms with Crippen LogP contribution in [0.3, 0.4) is 0 Å². The molecule has 1 rings (SSSR count). The number of methoxy groups -OCH3 is 1. The molecule has 0 aliphatic rings. The molecule has 0 amide bonds. The smallest absolute Gasteiger partial charge is 0.165 e. The van der Waals surface area contributed by atoms with Gasteiger partial charge in [-0.25, -0.2) is 4.39 Å². The number of aliphatic hydroxyl groups excluding tert-OH is 1. The van der Waals surface area contributed by atoms with E-state index in [1.54, 1.807) is 6.07 Å². The Balaban J connectivity index is 0.00000289. The van der Waals surface area contributed by atoms with Gasteiger partial charge in [0.05, 0.1) is 19.3 Å². The van der Waals surface area contributed by atoms with Crippen molar-refractivity contribution in [3.05, 3.63) is 29.6 Å². The standard InChI is InChI=1S/C13H20FNO2.ClH/c1-13(2,3)12(16)11(15)8-5-6-9(14)10(7-8)17-4;/h5-7,11-12,16H,15H2,1-4H3;1H/t11-,12-;/m1./s1. The molecule has 0 spiro atoms. The molecule has 18 heavy (non-hydrogen) atoms. The molecule has 0 saturated heterocycles. The molecule has 0 bridgehead atoms. The number of hydrogen-bond donors (Lipinski definition) is 2. The van der Waals surface area contributed by atoms with Crippen molar-refractivity contribution in [3.8, 4) is 5.75 Å². The molecule has 0 fully saturated rings. The molecular formula is C13H21ClFNO2. The lowest BCUT2D eigenvalue weighted by molar-refractivity contribution is 0.0400. The van der Waals surface area contributed by atoms with Crippen LogP contribution in [0.1, 0.15) is 32.4 Å². The highest BCUT2D eigenvalue weighted by Gasteiger charge is 2.29. The molecule has 3 N–H and O–H groups in total. The molecule has 0 unspecified atom stereocenters. The van der Waals surface area contributed by atoms with Crippen molar-refractivity contribution in [2.75, 3.05) is 7.11 Å². The quantitative estimate of drug-likeness (QED) is 0.893. The Bertz CT molecular complexity index is 393. The van der Waals surface area contributed by atoms with Crippen LogP contribution in [0.15, 0.2) is 18.2 Å². The minimum Gasteiger partial charge on any atom is -0.494 e. The van der Waals surface area contributed by atoms with Crippen LogP contribution in [-0.2, 0) is 0 Å². The summed E-state index contributed by atoms with van der Waals surface area (Å²) in [5.74, 6) is -0.298. The van der Waals surface area contributed by atoms with Crippen LogP contribution in [0.25, 0.3) is 0 Å². The predicted octanol–water partition coefficient (Wildman–Crippen LogP) is 2.66. The van der Waals surface area contributed by atoms with Gasteiger partial charge in [-0.1, -0.05) is 26.8 Å². The number of hydrogen-bond acceptors (Lipinski definition) is 3. The molecule has 0 aliphatic heterocycles. The second-order valence-electron chi connectivity index (χ2n) is 5.23. The van der Waals surface area contributed by atoms with E-state index in [1.807, 2.05) is 20.8 Å². The first-order valence-electron chi connectivity index (χ1n) is 5.54. The van der Waals surface area contributed by atoms with Gasteiger partial charge in [-0.3, -0.25) is 0 Å². The van der Waals surface area contributed by atoms with Gasteiger partial charge in [-0.05, 0) is 23.1 Å². The summed E-state index contributed by atoms with van der Waals surface area (Å²) in [4.78, 5) is 0. The van der Waals surface area contributed by atoms with E-state index in [2.05, 4.69) is 0 Å². The molecule has 2 atom stereocenters. The first-order chi connectivity index (χ1) is 7.77. The third kappa shape index (κ3) is 3.83. The summed E-state index contributed by atoms with van der Waals surface area (Å²) in [6, 6.07) is 3.82. The van der Waals surface area contributed by atoms with E-state index in [-0.39, 0.29) is 23.6 Å². The van der Waals surface area contributed by atoms with Crippen LogP contribution in [0, 0.1) is 11.2 Å². The number of halogens is 2. The summed E-state index contributed by atoms with van der Waals surface area (Å²) in [7, 11) is 1.40. The number of nitrogens with two attached hydrogens (primary N) is 1. The molecule has 5 heteroatoms. The van der Waals surface area contributed by atoms with Gasteiger partial charge < -0.3 is 15.6 Å². The normalized spacial score (nSPS) is 14.6. The molecule has 0 saturated carbocycles. The van der Waals surface area contributed by atoms with Crippen LogP contribution in [-0.4, -0.2) is 18.3 Å². The van der Waals surface area contributed by atoms with Crippen LogP contribution in [0.2, 0.25) is 0 Å². The van der Waals surface area contributed by atoms with Crippen molar-refractivity contribution in [1.29, 1.82) is 0 Å². The largest absolute Gasteiger partial charge is 0.494 e. The van der Waals surface area contributed by atoms with Gasteiger partial charge in [-0.15, -0.1) is 12.4 Å². The Kier molecular flexibility index (Phi) is 6.07. The minimum atomic E-state index is -0.710. The maximum atomic E-state index is 13.2. The Hall–Kier alpha value is -0.840. The van der Waals surface area contributed by atoms with E-state index in [4.69, 9.17) is 10.5 Å². The second-order valence-corrected chi connectivity index (χ2v) is 5.23. The summed E-state index contributed by atoms with van der Waals surface area (Å²) < 4.78 is 18.1. The molecule has 0 heterocycles. The zero-order chi connectivity index (χ0) is 13.2. The van der Waals surface area contributed by atoms with E-state index in [0.29, 0.717) is 5.56 Å². The molecule has 104 valence electrons. The van der Waals surface area contributed by atoms with Gasteiger partial charge >= 0.3 is 0 Å². The van der Waals surface area contributed by atoms with E-state index < -0.39 is 18.0 Å². The van der Waals surface area contributed by atoms with Crippen molar-refractivity contribution >= 4 is 12.4 Å². The van der Waals surface area contributed by atoms with Crippen molar-refractivity contribution < 1.29 is 14.2 Å². The minimum absolute atomic E-state index is 0. The first kappa shape index (κ1) is 17.2. The molecular weight excluding hydrogens is 257 g/mol. The van der Waals surface area contributed by atoms with Crippen molar-refractivity contribution in [1.82, 2.24) is 0 Å². The molecule has 1 aromatic rings. The fraction of sp³-hybridized carbons (Fsp3) is 0.538. The number of benzene rings is 1. The van der Waals surface area contributed by atoms with Gasteiger partial charge in [0.25, 0.3) is 0 Å². The molecule has 0 radical (unpaired) electrons. The van der Waals surface area contributed by atoms with Crippen LogP contribution >= 0.6 is 12.4 Å². The van der Waals surface area contributed by atoms with Gasteiger partial charge in [0.1, 0.15) is 0 Å². The van der Waals surface area contributed by atoms with Crippen molar-refractivity contribution in [2.24, 2.45) is 11.1 Å². The average molecular weight is 278 g/mol. The van der Waals surface area contributed by atoms with E-state index >= 15 is 0 Å². The number of rotatable bonds is 3. The van der Waals surface area contributed by atoms with Gasteiger partial charge in [-0.2, -0.15) is 0 Å². The fourth-order valence-electron chi connectivity index (χ4n) is 1.60. The molecule has 0 aliphatic carbocycles. The topological polar surface area (TPSA) is 55.5 Å². The SMILES string of the molecule is COc1cc([C@@H](N)[C@@H](O)C(C)(C)C)ccc1F.Cl. The highest BCUT2D eigenvalue weighted by molar-refractivity contribution is 5.85. The Morgan fingerprint density at radius 3 is 2.33 bits per heavy atom. The van der Waals surface area contributed by atoms with Crippen LogP contribution in [0.4, 0.5) is 4.39 Å². The molecule has 1 aromatic carbocycles. The highest BCUT2D eigenvalue weighted by atomic mass is 35.5. The molecule has 3 nitrogen and oxygen atoms in total. The van der Waals surface area contributed by atoms with Gasteiger partial charge in [0.15, 0.2) is 11.6 Å². The second kappa shape index (κ2) is 6.36. The Morgan fingerprint density at radius 2 is 1.89 bits per heavy atom. The zero-order valence-corrected chi connectivity index (χ0v) is 11.9. The Labute approximate surface area is 114 Å². The van der Waals surface area contributed by atoms with Crippen LogP contribution in [0.5, 0.6) is 5.75 Å². The third-order valence-corrected chi connectivity index (χ3v) is 2.79. The summed E-state index contributed by atoms with van der Waals surface area (Å²) in [5.41, 5.74) is 6.30. The lowest BCUT2D eigenvalue weighted by Gasteiger charge is -2.31. The average Bonchev–Trinajstić information content (AvgIpc) is 2.26. The lowest BCUT2D eigenvalue weighted by Crippen LogP contribution is -2.36. The third-order valence-electron chi connectivity index (χ3n) is 2.79. The fourth-order valence-corrected chi connectivity index (χ4v) is 1.60. The summed E-state index contributed by atoms with van der Waals surface area (Å²) in [6.45, 7) is 5.70. The number of ether oxygens (including phenoxy) is 1. The van der Waals surface area contributed by atoms with Crippen molar-refractivity contribution in [3.63, 3.8) is 0 Å². The van der Waals surface area contributed by atoms with Gasteiger partial charge in [0, 0.05) is 0 Å². The highest BCUT2D eigenvalue weighted by Crippen LogP contribution is 2.30. The lowest BCUT2D eigenvalue weighted by atomic mass is 9.82. The summed E-state index contributed by atoms with van der Waals surface area (Å²) in [5, 5.41) is 10.1. The Morgan fingerprint density at radius 1 is 1.33 bits per heavy atom. The summed E-state index contributed by atoms with van der Waals surface area (Å²) >= 11 is 0. The number of aliphatic hydroxyl groups is 1.